The van der Waals surface area contributed by atoms with Gasteiger partial charge in [-0.05, 0) is 30.5 Å². The molecule has 0 aliphatic heterocycles. The molecule has 16 heavy (non-hydrogen) atoms. The highest BCUT2D eigenvalue weighted by molar-refractivity contribution is 6.22. The zero-order valence-electron chi connectivity index (χ0n) is 9.42. The van der Waals surface area contributed by atoms with Crippen LogP contribution in [0.3, 0.4) is 0 Å². The number of ketones is 1. The van der Waals surface area contributed by atoms with Crippen molar-refractivity contribution in [1.82, 2.24) is 0 Å². The van der Waals surface area contributed by atoms with Crippen molar-refractivity contribution in [1.29, 1.82) is 0 Å². The van der Waals surface area contributed by atoms with Gasteiger partial charge in [0.1, 0.15) is 0 Å². The number of benzene rings is 1. The summed E-state index contributed by atoms with van der Waals surface area (Å²) in [6.07, 6.45) is 4.18. The first-order valence-electron chi connectivity index (χ1n) is 5.31. The van der Waals surface area contributed by atoms with Gasteiger partial charge in [0.2, 0.25) is 0 Å². The SMILES string of the molecule is C=CCC1=C(C=C)C(=O)c2cc(C)ccc21. The molecule has 0 aromatic heterocycles. The summed E-state index contributed by atoms with van der Waals surface area (Å²) in [6, 6.07) is 5.98. The summed E-state index contributed by atoms with van der Waals surface area (Å²) in [4.78, 5) is 12.1. The van der Waals surface area contributed by atoms with E-state index in [9.17, 15) is 4.79 Å². The number of Topliss-reactive ketones (excluding diaryl/α,β-unsaturated/α-hetero) is 1. The van der Waals surface area contributed by atoms with E-state index in [0.717, 1.165) is 27.8 Å². The number of hydrogen-bond acceptors (Lipinski definition) is 1. The number of rotatable bonds is 3. The van der Waals surface area contributed by atoms with Crippen molar-refractivity contribution in [3.63, 3.8) is 0 Å². The Bertz CT molecular complexity index is 518. The molecule has 0 bridgehead atoms. The van der Waals surface area contributed by atoms with Crippen LogP contribution in [0.25, 0.3) is 5.57 Å². The second-order valence-corrected chi connectivity index (χ2v) is 3.97. The van der Waals surface area contributed by atoms with Crippen molar-refractivity contribution in [2.45, 2.75) is 13.3 Å². The molecule has 0 N–H and O–H groups in total. The van der Waals surface area contributed by atoms with Crippen LogP contribution in [-0.4, -0.2) is 5.78 Å². The number of carbonyl (C=O) groups excluding carboxylic acids is 1. The molecule has 0 saturated heterocycles. The Morgan fingerprint density at radius 2 is 2.00 bits per heavy atom. The third-order valence-electron chi connectivity index (χ3n) is 2.87. The molecule has 0 saturated carbocycles. The summed E-state index contributed by atoms with van der Waals surface area (Å²) in [5.41, 5.74) is 4.71. The highest BCUT2D eigenvalue weighted by Crippen LogP contribution is 2.36. The summed E-state index contributed by atoms with van der Waals surface area (Å²) >= 11 is 0. The second kappa shape index (κ2) is 3.93. The molecule has 0 fully saturated rings. The quantitative estimate of drug-likeness (QED) is 0.695. The number of carbonyl (C=O) groups is 1. The molecule has 0 unspecified atom stereocenters. The van der Waals surface area contributed by atoms with Crippen molar-refractivity contribution in [2.75, 3.05) is 0 Å². The highest BCUT2D eigenvalue weighted by Gasteiger charge is 2.26. The number of aryl methyl sites for hydroxylation is 1. The Morgan fingerprint density at radius 1 is 1.25 bits per heavy atom. The van der Waals surface area contributed by atoms with Gasteiger partial charge in [-0.15, -0.1) is 6.58 Å². The molecule has 1 nitrogen and oxygen atoms in total. The maximum atomic E-state index is 12.1. The predicted octanol–water partition coefficient (Wildman–Crippen LogP) is 3.71. The van der Waals surface area contributed by atoms with Crippen LogP contribution in [-0.2, 0) is 0 Å². The van der Waals surface area contributed by atoms with Gasteiger partial charge < -0.3 is 0 Å². The molecule has 0 heterocycles. The first kappa shape index (κ1) is 10.6. The lowest BCUT2D eigenvalue weighted by Crippen LogP contribution is -1.96. The average Bonchev–Trinajstić information content (AvgIpc) is 2.53. The molecule has 0 radical (unpaired) electrons. The Morgan fingerprint density at radius 3 is 2.62 bits per heavy atom. The van der Waals surface area contributed by atoms with E-state index in [2.05, 4.69) is 13.2 Å². The van der Waals surface area contributed by atoms with Crippen LogP contribution in [0.1, 0.15) is 27.9 Å². The normalized spacial score (nSPS) is 13.9. The standard InChI is InChI=1S/C15H14O/c1-4-6-12-11(5-2)15(16)14-9-10(3)7-8-13(12)14/h4-5,7-9H,1-2,6H2,3H3. The maximum absolute atomic E-state index is 12.1. The minimum absolute atomic E-state index is 0.0885. The highest BCUT2D eigenvalue weighted by atomic mass is 16.1. The van der Waals surface area contributed by atoms with Gasteiger partial charge in [0.15, 0.2) is 5.78 Å². The molecule has 1 aliphatic rings. The number of fused-ring (bicyclic) bond motifs is 1. The van der Waals surface area contributed by atoms with Crippen LogP contribution in [0.15, 0.2) is 49.1 Å². The van der Waals surface area contributed by atoms with E-state index in [1.807, 2.05) is 31.2 Å². The van der Waals surface area contributed by atoms with Crippen LogP contribution in [0.5, 0.6) is 0 Å². The summed E-state index contributed by atoms with van der Waals surface area (Å²) < 4.78 is 0. The zero-order valence-corrected chi connectivity index (χ0v) is 9.42. The maximum Gasteiger partial charge on any atom is 0.193 e. The average molecular weight is 210 g/mol. The summed E-state index contributed by atoms with van der Waals surface area (Å²) in [5, 5.41) is 0. The minimum atomic E-state index is 0.0885. The van der Waals surface area contributed by atoms with Crippen molar-refractivity contribution in [3.8, 4) is 0 Å². The third-order valence-corrected chi connectivity index (χ3v) is 2.87. The number of allylic oxidation sites excluding steroid dienone is 4. The van der Waals surface area contributed by atoms with E-state index < -0.39 is 0 Å². The van der Waals surface area contributed by atoms with E-state index in [4.69, 9.17) is 0 Å². The van der Waals surface area contributed by atoms with E-state index >= 15 is 0 Å². The van der Waals surface area contributed by atoms with Gasteiger partial charge in [0, 0.05) is 11.1 Å². The lowest BCUT2D eigenvalue weighted by atomic mass is 10.0. The molecule has 1 aromatic rings. The molecule has 0 spiro atoms. The first-order valence-corrected chi connectivity index (χ1v) is 5.31. The molecule has 1 aliphatic carbocycles. The summed E-state index contributed by atoms with van der Waals surface area (Å²) in [6.45, 7) is 9.44. The topological polar surface area (TPSA) is 17.1 Å². The van der Waals surface area contributed by atoms with Crippen LogP contribution in [0, 0.1) is 6.92 Å². The smallest absolute Gasteiger partial charge is 0.193 e. The third kappa shape index (κ3) is 1.45. The molecule has 80 valence electrons. The van der Waals surface area contributed by atoms with Crippen molar-refractivity contribution >= 4 is 11.4 Å². The van der Waals surface area contributed by atoms with Gasteiger partial charge in [-0.3, -0.25) is 4.79 Å². The predicted molar refractivity (Wildman–Crippen MR) is 67.4 cm³/mol. The van der Waals surface area contributed by atoms with Gasteiger partial charge in [-0.1, -0.05) is 36.4 Å². The fourth-order valence-corrected chi connectivity index (χ4v) is 2.12. The van der Waals surface area contributed by atoms with Crippen molar-refractivity contribution in [2.24, 2.45) is 0 Å². The van der Waals surface area contributed by atoms with E-state index in [1.165, 1.54) is 0 Å². The Hall–Kier alpha value is -1.89. The molecule has 0 amide bonds. The van der Waals surface area contributed by atoms with Crippen LogP contribution in [0.2, 0.25) is 0 Å². The molecule has 1 heteroatoms. The van der Waals surface area contributed by atoms with Crippen LogP contribution >= 0.6 is 0 Å². The van der Waals surface area contributed by atoms with Crippen molar-refractivity contribution < 1.29 is 4.79 Å². The fraction of sp³-hybridized carbons (Fsp3) is 0.133. The zero-order chi connectivity index (χ0) is 11.7. The Labute approximate surface area is 95.8 Å². The monoisotopic (exact) mass is 210 g/mol. The van der Waals surface area contributed by atoms with E-state index in [1.54, 1.807) is 6.08 Å². The van der Waals surface area contributed by atoms with Gasteiger partial charge in [-0.2, -0.15) is 0 Å². The summed E-state index contributed by atoms with van der Waals surface area (Å²) in [5.74, 6) is 0.0885. The van der Waals surface area contributed by atoms with Crippen LogP contribution in [0.4, 0.5) is 0 Å². The largest absolute Gasteiger partial charge is 0.289 e. The van der Waals surface area contributed by atoms with E-state index in [0.29, 0.717) is 6.42 Å². The molecule has 2 rings (SSSR count). The number of hydrogen-bond donors (Lipinski definition) is 0. The van der Waals surface area contributed by atoms with Gasteiger partial charge in [0.05, 0.1) is 0 Å². The van der Waals surface area contributed by atoms with Gasteiger partial charge in [0.25, 0.3) is 0 Å². The fourth-order valence-electron chi connectivity index (χ4n) is 2.12. The molecular weight excluding hydrogens is 196 g/mol. The Balaban J connectivity index is 2.65. The van der Waals surface area contributed by atoms with Crippen molar-refractivity contribution in [3.05, 3.63) is 65.8 Å². The Kier molecular flexibility index (Phi) is 2.61. The molecule has 0 atom stereocenters. The summed E-state index contributed by atoms with van der Waals surface area (Å²) in [7, 11) is 0. The van der Waals surface area contributed by atoms with Gasteiger partial charge in [-0.25, -0.2) is 0 Å². The first-order chi connectivity index (χ1) is 7.69. The molecule has 1 aromatic carbocycles. The van der Waals surface area contributed by atoms with Gasteiger partial charge >= 0.3 is 0 Å². The second-order valence-electron chi connectivity index (χ2n) is 3.97. The van der Waals surface area contributed by atoms with E-state index in [-0.39, 0.29) is 5.78 Å². The lowest BCUT2D eigenvalue weighted by molar-refractivity contribution is 0.104. The lowest BCUT2D eigenvalue weighted by Gasteiger charge is -2.03. The van der Waals surface area contributed by atoms with Crippen LogP contribution < -0.4 is 0 Å². The minimum Gasteiger partial charge on any atom is -0.289 e. The molecular formula is C15H14O.